The summed E-state index contributed by atoms with van der Waals surface area (Å²) < 4.78 is 94.8. The average molecular weight is 797 g/mol. The van der Waals surface area contributed by atoms with Crippen LogP contribution in [-0.4, -0.2) is 0 Å². The minimum atomic E-state index is -0.830. The first-order chi connectivity index (χ1) is 29.2. The molecule has 0 saturated heterocycles. The molecule has 10 aromatic rings. The topological polar surface area (TPSA) is 6.48 Å². The van der Waals surface area contributed by atoms with E-state index in [-0.39, 0.29) is 11.4 Å². The lowest BCUT2D eigenvalue weighted by Crippen LogP contribution is -2.15. The summed E-state index contributed by atoms with van der Waals surface area (Å²) in [5.74, 6) is -4.36. The molecule has 0 radical (unpaired) electrons. The number of hydrogen-bond acceptors (Lipinski definition) is 2. The number of halogens is 6. The van der Waals surface area contributed by atoms with Crippen molar-refractivity contribution in [1.82, 2.24) is 0 Å². The minimum Gasteiger partial charge on any atom is -0.305 e. The molecule has 10 aromatic carbocycles. The summed E-state index contributed by atoms with van der Waals surface area (Å²) >= 11 is 0. The second-order valence-electron chi connectivity index (χ2n) is 14.5. The maximum atomic E-state index is 16.5. The number of rotatable bonds is 8. The molecule has 0 saturated carbocycles. The third-order valence-corrected chi connectivity index (χ3v) is 11.0. The van der Waals surface area contributed by atoms with Crippen LogP contribution in [0.15, 0.2) is 182 Å². The summed E-state index contributed by atoms with van der Waals surface area (Å²) in [7, 11) is 0. The number of benzene rings is 10. The van der Waals surface area contributed by atoms with E-state index in [1.54, 1.807) is 60.7 Å². The van der Waals surface area contributed by atoms with Gasteiger partial charge in [-0.2, -0.15) is 0 Å². The van der Waals surface area contributed by atoms with E-state index in [9.17, 15) is 8.78 Å². The SMILES string of the molecule is Fc1ccc(N(c2c(F)cc(-c3ccccc3)cc2F)c2ccc3ccc4c(N(c5ccc(F)cc5)c5c(F)cc(-c6ccccc6)cc5F)ccc5ccc2c3c54)cc1. The minimum absolute atomic E-state index is 0.310. The Balaban J connectivity index is 1.21. The molecule has 290 valence electrons. The lowest BCUT2D eigenvalue weighted by atomic mass is 9.91. The van der Waals surface area contributed by atoms with Gasteiger partial charge >= 0.3 is 0 Å². The van der Waals surface area contributed by atoms with Crippen molar-refractivity contribution in [1.29, 1.82) is 0 Å². The van der Waals surface area contributed by atoms with Crippen LogP contribution in [0, 0.1) is 34.9 Å². The molecule has 60 heavy (non-hydrogen) atoms. The molecule has 0 aliphatic heterocycles. The number of nitrogens with zero attached hydrogens (tertiary/aromatic N) is 2. The lowest BCUT2D eigenvalue weighted by Gasteiger charge is -2.30. The second-order valence-corrected chi connectivity index (χ2v) is 14.5. The van der Waals surface area contributed by atoms with Crippen molar-refractivity contribution in [3.8, 4) is 22.3 Å². The molecule has 0 amide bonds. The van der Waals surface area contributed by atoms with Gasteiger partial charge in [0, 0.05) is 22.1 Å². The van der Waals surface area contributed by atoms with Gasteiger partial charge in [-0.3, -0.25) is 0 Å². The Morgan fingerprint density at radius 3 is 0.983 bits per heavy atom. The maximum Gasteiger partial charge on any atom is 0.150 e. The first kappa shape index (κ1) is 36.7. The van der Waals surface area contributed by atoms with Crippen molar-refractivity contribution in [3.05, 3.63) is 217 Å². The predicted molar refractivity (Wildman–Crippen MR) is 230 cm³/mol. The van der Waals surface area contributed by atoms with E-state index in [1.165, 1.54) is 82.6 Å². The summed E-state index contributed by atoms with van der Waals surface area (Å²) in [5.41, 5.74) is 2.69. The van der Waals surface area contributed by atoms with Crippen LogP contribution in [0.5, 0.6) is 0 Å². The summed E-state index contributed by atoms with van der Waals surface area (Å²) in [6.07, 6.45) is 0. The van der Waals surface area contributed by atoms with Gasteiger partial charge in [0.15, 0.2) is 23.3 Å². The van der Waals surface area contributed by atoms with Crippen LogP contribution in [0.1, 0.15) is 0 Å². The predicted octanol–water partition coefficient (Wildman–Crippen LogP) is 15.7. The standard InChI is InChI=1S/C52H30F6N2/c53-37-15-19-39(20-16-37)59(51-43(55)27-35(28-44(51)56)31-7-3-1-4-8-31)47-25-13-33-12-24-42-48(26-14-34-11-23-41(47)49(33)50(34)42)60(40-21-17-38(54)18-22-40)52-45(57)29-36(30-46(52)58)32-9-5-2-6-10-32/h1-30H. The number of hydrogen-bond donors (Lipinski definition) is 0. The van der Waals surface area contributed by atoms with Gasteiger partial charge < -0.3 is 9.80 Å². The third-order valence-electron chi connectivity index (χ3n) is 11.0. The van der Waals surface area contributed by atoms with Crippen molar-refractivity contribution < 1.29 is 26.3 Å². The molecule has 0 fully saturated rings. The molecule has 0 atom stereocenters. The van der Waals surface area contributed by atoms with Crippen LogP contribution in [0.25, 0.3) is 54.6 Å². The van der Waals surface area contributed by atoms with Crippen LogP contribution in [-0.2, 0) is 0 Å². The molecule has 0 unspecified atom stereocenters. The summed E-state index contributed by atoms with van der Waals surface area (Å²) in [6, 6.07) is 48.4. The van der Waals surface area contributed by atoms with E-state index in [1.807, 2.05) is 48.5 Å². The van der Waals surface area contributed by atoms with Gasteiger partial charge in [-0.15, -0.1) is 0 Å². The fourth-order valence-corrected chi connectivity index (χ4v) is 8.27. The lowest BCUT2D eigenvalue weighted by molar-refractivity contribution is 0.586. The highest BCUT2D eigenvalue weighted by Crippen LogP contribution is 2.49. The van der Waals surface area contributed by atoms with Crippen molar-refractivity contribution in [2.45, 2.75) is 0 Å². The van der Waals surface area contributed by atoms with E-state index in [2.05, 4.69) is 0 Å². The van der Waals surface area contributed by atoms with Gasteiger partial charge in [-0.1, -0.05) is 97.1 Å². The fourth-order valence-electron chi connectivity index (χ4n) is 8.27. The van der Waals surface area contributed by atoms with Crippen LogP contribution in [0.2, 0.25) is 0 Å². The van der Waals surface area contributed by atoms with Crippen molar-refractivity contribution >= 4 is 66.4 Å². The van der Waals surface area contributed by atoms with Crippen molar-refractivity contribution in [2.75, 3.05) is 9.80 Å². The molecule has 0 aromatic heterocycles. The van der Waals surface area contributed by atoms with Gasteiger partial charge in [0.25, 0.3) is 0 Å². The highest BCUT2D eigenvalue weighted by atomic mass is 19.2. The Morgan fingerprint density at radius 2 is 0.633 bits per heavy atom. The average Bonchev–Trinajstić information content (AvgIpc) is 3.27. The van der Waals surface area contributed by atoms with Crippen LogP contribution in [0.4, 0.5) is 60.5 Å². The first-order valence-corrected chi connectivity index (χ1v) is 19.1. The molecule has 0 aliphatic rings. The van der Waals surface area contributed by atoms with Gasteiger partial charge in [0.2, 0.25) is 0 Å². The second kappa shape index (κ2) is 14.7. The van der Waals surface area contributed by atoms with E-state index < -0.39 is 34.9 Å². The van der Waals surface area contributed by atoms with Crippen LogP contribution in [0.3, 0.4) is 0 Å². The van der Waals surface area contributed by atoms with E-state index in [4.69, 9.17) is 0 Å². The smallest absolute Gasteiger partial charge is 0.150 e. The van der Waals surface area contributed by atoms with Crippen LogP contribution < -0.4 is 9.80 Å². The third kappa shape index (κ3) is 6.25. The molecule has 10 rings (SSSR count). The van der Waals surface area contributed by atoms with E-state index >= 15 is 17.6 Å². The first-order valence-electron chi connectivity index (χ1n) is 19.1. The monoisotopic (exact) mass is 796 g/mol. The molecule has 0 spiro atoms. The normalized spacial score (nSPS) is 11.5. The molecule has 0 aliphatic carbocycles. The van der Waals surface area contributed by atoms with Crippen LogP contribution >= 0.6 is 0 Å². The van der Waals surface area contributed by atoms with E-state index in [0.29, 0.717) is 55.8 Å². The summed E-state index contributed by atoms with van der Waals surface area (Å²) in [5, 5.41) is 4.24. The zero-order chi connectivity index (χ0) is 41.1. The summed E-state index contributed by atoms with van der Waals surface area (Å²) in [6.45, 7) is 0. The molecule has 2 nitrogen and oxygen atoms in total. The zero-order valence-corrected chi connectivity index (χ0v) is 31.5. The maximum absolute atomic E-state index is 16.5. The van der Waals surface area contributed by atoms with Gasteiger partial charge in [0.05, 0.1) is 11.4 Å². The fraction of sp³-hybridized carbons (Fsp3) is 0. The van der Waals surface area contributed by atoms with Gasteiger partial charge in [-0.05, 0) is 129 Å². The van der Waals surface area contributed by atoms with Gasteiger partial charge in [-0.25, -0.2) is 26.3 Å². The Kier molecular flexibility index (Phi) is 8.98. The van der Waals surface area contributed by atoms with E-state index in [0.717, 1.165) is 21.5 Å². The summed E-state index contributed by atoms with van der Waals surface area (Å²) in [4.78, 5) is 2.88. The van der Waals surface area contributed by atoms with Crippen molar-refractivity contribution in [3.63, 3.8) is 0 Å². The largest absolute Gasteiger partial charge is 0.305 e. The highest BCUT2D eigenvalue weighted by Gasteiger charge is 2.28. The highest BCUT2D eigenvalue weighted by molar-refractivity contribution is 6.28. The van der Waals surface area contributed by atoms with Gasteiger partial charge in [0.1, 0.15) is 23.0 Å². The number of anilines is 6. The Morgan fingerprint density at radius 1 is 0.300 bits per heavy atom. The Hall–Kier alpha value is -7.58. The zero-order valence-electron chi connectivity index (χ0n) is 31.5. The molecule has 0 N–H and O–H groups in total. The molecule has 8 heteroatoms. The molecule has 0 heterocycles. The molecule has 0 bridgehead atoms. The quantitative estimate of drug-likeness (QED) is 0.112. The Labute approximate surface area is 340 Å². The van der Waals surface area contributed by atoms with Crippen molar-refractivity contribution in [2.24, 2.45) is 0 Å². The molecular weight excluding hydrogens is 767 g/mol. The molecular formula is C52H30F6N2. The Bertz CT molecular complexity index is 2940.